The molecule has 0 bridgehead atoms. The molecule has 0 saturated carbocycles. The van der Waals surface area contributed by atoms with Gasteiger partial charge >= 0.3 is 12.0 Å². The summed E-state index contributed by atoms with van der Waals surface area (Å²) in [6.45, 7) is 2.07. The van der Waals surface area contributed by atoms with Crippen LogP contribution in [0.15, 0.2) is 0 Å². The van der Waals surface area contributed by atoms with Gasteiger partial charge < -0.3 is 20.0 Å². The van der Waals surface area contributed by atoms with Crippen molar-refractivity contribution < 1.29 is 19.8 Å². The molecular weight excluding hydrogens is 260 g/mol. The van der Waals surface area contributed by atoms with E-state index in [9.17, 15) is 14.7 Å². The summed E-state index contributed by atoms with van der Waals surface area (Å²) in [5, 5.41) is 18.2. The first-order valence-corrected chi connectivity index (χ1v) is 7.50. The Bertz CT molecular complexity index is 361. The Morgan fingerprint density at radius 1 is 1.10 bits per heavy atom. The monoisotopic (exact) mass is 284 g/mol. The average Bonchev–Trinajstić information content (AvgIpc) is 2.46. The summed E-state index contributed by atoms with van der Waals surface area (Å²) < 4.78 is 0. The van der Waals surface area contributed by atoms with Crippen molar-refractivity contribution in [2.24, 2.45) is 5.92 Å². The Labute approximate surface area is 119 Å². The van der Waals surface area contributed by atoms with E-state index in [1.807, 2.05) is 0 Å². The number of hydrogen-bond acceptors (Lipinski definition) is 3. The van der Waals surface area contributed by atoms with E-state index in [0.29, 0.717) is 19.6 Å². The lowest BCUT2D eigenvalue weighted by Gasteiger charge is -2.41. The van der Waals surface area contributed by atoms with E-state index >= 15 is 0 Å². The Morgan fingerprint density at radius 3 is 2.60 bits per heavy atom. The van der Waals surface area contributed by atoms with Crippen LogP contribution in [0, 0.1) is 5.92 Å². The molecule has 6 nitrogen and oxygen atoms in total. The third-order valence-electron chi connectivity index (χ3n) is 4.33. The molecule has 2 rings (SSSR count). The number of carbonyl (C=O) groups excluding carboxylic acids is 1. The maximum Gasteiger partial charge on any atom is 0.320 e. The van der Waals surface area contributed by atoms with E-state index < -0.39 is 5.97 Å². The first-order chi connectivity index (χ1) is 9.61. The molecule has 0 spiro atoms. The maximum absolute atomic E-state index is 12.6. The van der Waals surface area contributed by atoms with Crippen molar-refractivity contribution >= 4 is 12.0 Å². The van der Waals surface area contributed by atoms with Gasteiger partial charge in [-0.15, -0.1) is 0 Å². The van der Waals surface area contributed by atoms with Crippen LogP contribution >= 0.6 is 0 Å². The molecule has 0 aromatic rings. The fourth-order valence-electron chi connectivity index (χ4n) is 3.24. The zero-order chi connectivity index (χ0) is 14.5. The molecule has 2 saturated heterocycles. The Kier molecular flexibility index (Phi) is 5.23. The van der Waals surface area contributed by atoms with E-state index in [4.69, 9.17) is 5.11 Å². The molecule has 6 heteroatoms. The van der Waals surface area contributed by atoms with Crippen LogP contribution in [0.4, 0.5) is 4.79 Å². The highest BCUT2D eigenvalue weighted by atomic mass is 16.4. The van der Waals surface area contributed by atoms with E-state index in [0.717, 1.165) is 32.1 Å². The van der Waals surface area contributed by atoms with Gasteiger partial charge in [0.1, 0.15) is 0 Å². The lowest BCUT2D eigenvalue weighted by Crippen LogP contribution is -2.53. The van der Waals surface area contributed by atoms with Gasteiger partial charge in [-0.3, -0.25) is 4.79 Å². The van der Waals surface area contributed by atoms with E-state index in [2.05, 4.69) is 0 Å². The zero-order valence-electron chi connectivity index (χ0n) is 11.8. The molecule has 2 N–H and O–H groups in total. The van der Waals surface area contributed by atoms with Gasteiger partial charge in [0, 0.05) is 32.3 Å². The molecule has 0 aromatic heterocycles. The van der Waals surface area contributed by atoms with E-state index in [1.54, 1.807) is 9.80 Å². The van der Waals surface area contributed by atoms with Gasteiger partial charge in [0.05, 0.1) is 6.42 Å². The number of piperidine rings is 2. The number of rotatable bonds is 3. The normalized spacial score (nSPS) is 27.4. The largest absolute Gasteiger partial charge is 0.481 e. The smallest absolute Gasteiger partial charge is 0.320 e. The van der Waals surface area contributed by atoms with Crippen molar-refractivity contribution in [2.45, 2.75) is 44.6 Å². The highest BCUT2D eigenvalue weighted by molar-refractivity contribution is 5.76. The van der Waals surface area contributed by atoms with Crippen LogP contribution in [0.2, 0.25) is 0 Å². The number of aliphatic carboxylic acids is 1. The lowest BCUT2D eigenvalue weighted by atomic mass is 9.97. The molecule has 2 amide bonds. The topological polar surface area (TPSA) is 81.1 Å². The van der Waals surface area contributed by atoms with Crippen LogP contribution in [0.25, 0.3) is 0 Å². The predicted octanol–water partition coefficient (Wildman–Crippen LogP) is 1.14. The number of amides is 2. The van der Waals surface area contributed by atoms with E-state index in [1.165, 1.54) is 0 Å². The van der Waals surface area contributed by atoms with Gasteiger partial charge in [-0.2, -0.15) is 0 Å². The minimum atomic E-state index is -0.846. The number of carboxylic acid groups (broad SMARTS) is 1. The number of aliphatic hydroxyl groups excluding tert-OH is 1. The molecular formula is C14H24N2O4. The summed E-state index contributed by atoms with van der Waals surface area (Å²) >= 11 is 0. The highest BCUT2D eigenvalue weighted by Gasteiger charge is 2.33. The molecule has 20 heavy (non-hydrogen) atoms. The van der Waals surface area contributed by atoms with Gasteiger partial charge in [-0.05, 0) is 38.0 Å². The minimum absolute atomic E-state index is 0.0308. The van der Waals surface area contributed by atoms with Crippen molar-refractivity contribution in [3.8, 4) is 0 Å². The predicted molar refractivity (Wildman–Crippen MR) is 73.4 cm³/mol. The SMILES string of the molecule is O=C(O)CC1CCCCN1C(=O)N1CCCC(CO)C1. The fraction of sp³-hybridized carbons (Fsp3) is 0.857. The maximum atomic E-state index is 12.6. The number of likely N-dealkylation sites (tertiary alicyclic amines) is 2. The van der Waals surface area contributed by atoms with Crippen LogP contribution in [0.1, 0.15) is 38.5 Å². The van der Waals surface area contributed by atoms with Crippen molar-refractivity contribution in [3.05, 3.63) is 0 Å². The summed E-state index contributed by atoms with van der Waals surface area (Å²) in [7, 11) is 0. The van der Waals surface area contributed by atoms with Crippen molar-refractivity contribution in [2.75, 3.05) is 26.2 Å². The fourth-order valence-corrected chi connectivity index (χ4v) is 3.24. The molecule has 2 atom stereocenters. The highest BCUT2D eigenvalue weighted by Crippen LogP contribution is 2.24. The van der Waals surface area contributed by atoms with E-state index in [-0.39, 0.29) is 31.0 Å². The molecule has 2 fully saturated rings. The molecule has 0 aliphatic carbocycles. The number of aliphatic hydroxyl groups is 1. The molecule has 2 aliphatic heterocycles. The second-order valence-corrected chi connectivity index (χ2v) is 5.86. The van der Waals surface area contributed by atoms with Crippen LogP contribution in [0.5, 0.6) is 0 Å². The van der Waals surface area contributed by atoms with Crippen LogP contribution in [-0.2, 0) is 4.79 Å². The molecule has 114 valence electrons. The lowest BCUT2D eigenvalue weighted by molar-refractivity contribution is -0.138. The summed E-state index contributed by atoms with van der Waals surface area (Å²) in [5.74, 6) is -0.683. The molecule has 2 unspecified atom stereocenters. The summed E-state index contributed by atoms with van der Waals surface area (Å²) in [6, 6.07) is -0.225. The third-order valence-corrected chi connectivity index (χ3v) is 4.33. The third kappa shape index (κ3) is 3.62. The molecule has 0 radical (unpaired) electrons. The number of hydrogen-bond donors (Lipinski definition) is 2. The van der Waals surface area contributed by atoms with Crippen molar-refractivity contribution in [1.29, 1.82) is 0 Å². The standard InChI is InChI=1S/C14H24N2O4/c17-10-11-4-3-6-15(9-11)14(20)16-7-2-1-5-12(16)8-13(18)19/h11-12,17H,1-10H2,(H,18,19). The Hall–Kier alpha value is -1.30. The number of nitrogens with zero attached hydrogens (tertiary/aromatic N) is 2. The number of carboxylic acids is 1. The van der Waals surface area contributed by atoms with Crippen LogP contribution < -0.4 is 0 Å². The second-order valence-electron chi connectivity index (χ2n) is 5.86. The van der Waals surface area contributed by atoms with Gasteiger partial charge in [0.15, 0.2) is 0 Å². The average molecular weight is 284 g/mol. The first-order valence-electron chi connectivity index (χ1n) is 7.50. The van der Waals surface area contributed by atoms with Gasteiger partial charge in [-0.25, -0.2) is 4.79 Å². The van der Waals surface area contributed by atoms with Gasteiger partial charge in [-0.1, -0.05) is 0 Å². The van der Waals surface area contributed by atoms with Crippen LogP contribution in [-0.4, -0.2) is 64.3 Å². The molecule has 2 aliphatic rings. The van der Waals surface area contributed by atoms with Crippen molar-refractivity contribution in [3.63, 3.8) is 0 Å². The second kappa shape index (κ2) is 6.92. The van der Waals surface area contributed by atoms with Gasteiger partial charge in [0.25, 0.3) is 0 Å². The summed E-state index contributed by atoms with van der Waals surface area (Å²) in [5.41, 5.74) is 0. The van der Waals surface area contributed by atoms with Crippen molar-refractivity contribution in [1.82, 2.24) is 9.80 Å². The number of urea groups is 1. The zero-order valence-corrected chi connectivity index (χ0v) is 11.8. The summed E-state index contributed by atoms with van der Waals surface area (Å²) in [4.78, 5) is 27.0. The first kappa shape index (κ1) is 15.1. The Balaban J connectivity index is 1.99. The molecule has 0 aromatic carbocycles. The molecule has 2 heterocycles. The quantitative estimate of drug-likeness (QED) is 0.814. The van der Waals surface area contributed by atoms with Crippen LogP contribution in [0.3, 0.4) is 0 Å². The minimum Gasteiger partial charge on any atom is -0.481 e. The number of carbonyl (C=O) groups is 2. The summed E-state index contributed by atoms with van der Waals surface area (Å²) in [6.07, 6.45) is 4.60. The van der Waals surface area contributed by atoms with Gasteiger partial charge in [0.2, 0.25) is 0 Å². The Morgan fingerprint density at radius 2 is 1.90 bits per heavy atom.